The topological polar surface area (TPSA) is 107 Å². The molecule has 10 nitrogen and oxygen atoms in total. The van der Waals surface area contributed by atoms with Crippen molar-refractivity contribution in [3.8, 4) is 6.07 Å². The summed E-state index contributed by atoms with van der Waals surface area (Å²) in [6.07, 6.45) is 5.85. The number of methoxy groups -OCH3 is 1. The van der Waals surface area contributed by atoms with Crippen LogP contribution < -0.4 is 4.84 Å². The fraction of sp³-hybridized carbons (Fsp3) is 0.419. The molecule has 2 aliphatic heterocycles. The Labute approximate surface area is 243 Å². The zero-order chi connectivity index (χ0) is 29.1. The van der Waals surface area contributed by atoms with Gasteiger partial charge in [0, 0.05) is 18.1 Å². The highest BCUT2D eigenvalue weighted by atomic mass is 19.1. The Bertz CT molecular complexity index is 1610. The number of aromatic nitrogens is 4. The SMILES string of the molecule is COC(=O)c1ccc2nc(CN3CCC(c4ccn(OCc5ccc(C#N)cc5F)n4)CC3)n(C[C@@H]3CCCO3)c2c1. The van der Waals surface area contributed by atoms with Crippen molar-refractivity contribution in [2.24, 2.45) is 0 Å². The smallest absolute Gasteiger partial charge is 0.337 e. The van der Waals surface area contributed by atoms with E-state index in [1.807, 2.05) is 24.3 Å². The lowest BCUT2D eigenvalue weighted by Crippen LogP contribution is -2.34. The first-order valence-electron chi connectivity index (χ1n) is 14.3. The molecule has 11 heteroatoms. The molecule has 0 unspecified atom stereocenters. The number of hydrogen-bond acceptors (Lipinski definition) is 8. The fourth-order valence-corrected chi connectivity index (χ4v) is 5.80. The number of imidazole rings is 1. The van der Waals surface area contributed by atoms with Crippen molar-refractivity contribution < 1.29 is 23.5 Å². The molecule has 2 aliphatic rings. The van der Waals surface area contributed by atoms with Crippen LogP contribution in [0, 0.1) is 17.1 Å². The third kappa shape index (κ3) is 6.00. The van der Waals surface area contributed by atoms with E-state index in [9.17, 15) is 9.18 Å². The first kappa shape index (κ1) is 27.9. The highest BCUT2D eigenvalue weighted by Crippen LogP contribution is 2.29. The summed E-state index contributed by atoms with van der Waals surface area (Å²) in [5.41, 5.74) is 3.89. The Hall–Kier alpha value is -4.27. The second-order valence-corrected chi connectivity index (χ2v) is 10.9. The summed E-state index contributed by atoms with van der Waals surface area (Å²) in [4.78, 5) is 26.6. The first-order chi connectivity index (χ1) is 20.5. The Balaban J connectivity index is 1.09. The Morgan fingerprint density at radius 1 is 1.17 bits per heavy atom. The van der Waals surface area contributed by atoms with E-state index in [1.54, 1.807) is 24.4 Å². The molecule has 0 spiro atoms. The van der Waals surface area contributed by atoms with Gasteiger partial charge in [-0.2, -0.15) is 5.26 Å². The molecule has 0 saturated carbocycles. The van der Waals surface area contributed by atoms with Gasteiger partial charge in [0.2, 0.25) is 0 Å². The van der Waals surface area contributed by atoms with E-state index in [1.165, 1.54) is 18.0 Å². The molecule has 2 saturated heterocycles. The molecule has 0 bridgehead atoms. The number of benzene rings is 2. The maximum Gasteiger partial charge on any atom is 0.337 e. The monoisotopic (exact) mass is 572 g/mol. The maximum absolute atomic E-state index is 14.2. The van der Waals surface area contributed by atoms with Gasteiger partial charge in [-0.1, -0.05) is 6.07 Å². The summed E-state index contributed by atoms with van der Waals surface area (Å²) in [5, 5.41) is 13.5. The number of piperidine rings is 1. The predicted octanol–water partition coefficient (Wildman–Crippen LogP) is 4.22. The van der Waals surface area contributed by atoms with Crippen LogP contribution in [0.3, 0.4) is 0 Å². The van der Waals surface area contributed by atoms with E-state index in [-0.39, 0.29) is 24.2 Å². The Kier molecular flexibility index (Phi) is 8.17. The van der Waals surface area contributed by atoms with Gasteiger partial charge in [-0.3, -0.25) is 4.90 Å². The first-order valence-corrected chi connectivity index (χ1v) is 14.3. The summed E-state index contributed by atoms with van der Waals surface area (Å²) in [7, 11) is 1.39. The van der Waals surface area contributed by atoms with Crippen molar-refractivity contribution in [2.45, 2.75) is 57.4 Å². The van der Waals surface area contributed by atoms with Crippen LogP contribution in [0.2, 0.25) is 0 Å². The van der Waals surface area contributed by atoms with E-state index < -0.39 is 5.82 Å². The van der Waals surface area contributed by atoms with Crippen molar-refractivity contribution in [3.05, 3.63) is 82.7 Å². The van der Waals surface area contributed by atoms with Crippen LogP contribution >= 0.6 is 0 Å². The van der Waals surface area contributed by atoms with Gasteiger partial charge >= 0.3 is 5.97 Å². The van der Waals surface area contributed by atoms with Crippen molar-refractivity contribution in [3.63, 3.8) is 0 Å². The van der Waals surface area contributed by atoms with Gasteiger partial charge in [-0.15, -0.1) is 9.94 Å². The summed E-state index contributed by atoms with van der Waals surface area (Å²) < 4.78 is 27.3. The molecule has 4 aromatic rings. The molecule has 1 atom stereocenters. The van der Waals surface area contributed by atoms with Gasteiger partial charge in [0.15, 0.2) is 0 Å². The molecule has 0 amide bonds. The molecule has 2 fully saturated rings. The van der Waals surface area contributed by atoms with E-state index >= 15 is 0 Å². The molecule has 2 aromatic carbocycles. The Morgan fingerprint density at radius 3 is 2.76 bits per heavy atom. The summed E-state index contributed by atoms with van der Waals surface area (Å²) in [6.45, 7) is 3.99. The van der Waals surface area contributed by atoms with Gasteiger partial charge in [0.25, 0.3) is 0 Å². The van der Waals surface area contributed by atoms with E-state index in [4.69, 9.17) is 24.6 Å². The predicted molar refractivity (Wildman–Crippen MR) is 151 cm³/mol. The number of nitrogens with zero attached hydrogens (tertiary/aromatic N) is 6. The fourth-order valence-electron chi connectivity index (χ4n) is 5.80. The lowest BCUT2D eigenvalue weighted by Gasteiger charge is -2.31. The number of rotatable bonds is 9. The van der Waals surface area contributed by atoms with Crippen LogP contribution in [0.25, 0.3) is 11.0 Å². The number of nitriles is 1. The minimum atomic E-state index is -0.470. The van der Waals surface area contributed by atoms with Crippen molar-refractivity contribution in [2.75, 3.05) is 26.8 Å². The number of ether oxygens (including phenoxy) is 2. The van der Waals surface area contributed by atoms with Crippen LogP contribution in [0.15, 0.2) is 48.7 Å². The highest BCUT2D eigenvalue weighted by Gasteiger charge is 2.26. The van der Waals surface area contributed by atoms with Gasteiger partial charge in [0.05, 0.1) is 66.4 Å². The lowest BCUT2D eigenvalue weighted by atomic mass is 9.94. The second-order valence-electron chi connectivity index (χ2n) is 10.9. The molecule has 42 heavy (non-hydrogen) atoms. The average Bonchev–Trinajstić information content (AvgIpc) is 3.78. The average molecular weight is 573 g/mol. The minimum absolute atomic E-state index is 0.0190. The van der Waals surface area contributed by atoms with Crippen molar-refractivity contribution in [1.82, 2.24) is 24.4 Å². The van der Waals surface area contributed by atoms with Crippen LogP contribution in [0.1, 0.15) is 64.6 Å². The van der Waals surface area contributed by atoms with Gasteiger partial charge in [-0.05, 0) is 75.2 Å². The molecule has 0 radical (unpaired) electrons. The van der Waals surface area contributed by atoms with Crippen molar-refractivity contribution >= 4 is 17.0 Å². The maximum atomic E-state index is 14.2. The van der Waals surface area contributed by atoms with Crippen LogP contribution in [-0.4, -0.2) is 63.3 Å². The third-order valence-corrected chi connectivity index (χ3v) is 8.15. The van der Waals surface area contributed by atoms with Gasteiger partial charge < -0.3 is 18.9 Å². The van der Waals surface area contributed by atoms with Crippen LogP contribution in [0.5, 0.6) is 0 Å². The van der Waals surface area contributed by atoms with E-state index in [0.717, 1.165) is 67.9 Å². The zero-order valence-electron chi connectivity index (χ0n) is 23.5. The third-order valence-electron chi connectivity index (χ3n) is 8.15. The lowest BCUT2D eigenvalue weighted by molar-refractivity contribution is 0.0600. The normalized spacial score (nSPS) is 17.9. The number of likely N-dealkylation sites (tertiary alicyclic amines) is 1. The molecule has 218 valence electrons. The quantitative estimate of drug-likeness (QED) is 0.275. The second kappa shape index (κ2) is 12.3. The molecule has 0 N–H and O–H groups in total. The minimum Gasteiger partial charge on any atom is -0.465 e. The summed E-state index contributed by atoms with van der Waals surface area (Å²) >= 11 is 0. The molecule has 0 aliphatic carbocycles. The van der Waals surface area contributed by atoms with Crippen LogP contribution in [0.4, 0.5) is 4.39 Å². The van der Waals surface area contributed by atoms with Gasteiger partial charge in [-0.25, -0.2) is 14.2 Å². The summed E-state index contributed by atoms with van der Waals surface area (Å²) in [6, 6.07) is 13.7. The number of esters is 1. The number of fused-ring (bicyclic) bond motifs is 1. The summed E-state index contributed by atoms with van der Waals surface area (Å²) in [5.74, 6) is 0.432. The zero-order valence-corrected chi connectivity index (χ0v) is 23.5. The largest absolute Gasteiger partial charge is 0.465 e. The molecular weight excluding hydrogens is 539 g/mol. The molecule has 6 rings (SSSR count). The van der Waals surface area contributed by atoms with Crippen molar-refractivity contribution in [1.29, 1.82) is 5.26 Å². The van der Waals surface area contributed by atoms with Gasteiger partial charge in [0.1, 0.15) is 18.2 Å². The molecule has 2 aromatic heterocycles. The van der Waals surface area contributed by atoms with Crippen LogP contribution in [-0.2, 0) is 29.2 Å². The van der Waals surface area contributed by atoms with E-state index in [0.29, 0.717) is 30.1 Å². The molecular formula is C31H33FN6O4. The van der Waals surface area contributed by atoms with E-state index in [2.05, 4.69) is 14.6 Å². The number of halogens is 1. The Morgan fingerprint density at radius 2 is 2.02 bits per heavy atom. The molecule has 4 heterocycles. The number of carbonyl (C=O) groups is 1. The standard InChI is InChI=1S/C31H33FN6O4/c1-40-31(39)23-6-7-28-29(16-23)37(18-25-3-2-14-41-25)30(34-28)19-36-11-8-22(9-12-36)27-10-13-38(35-27)42-20-24-5-4-21(17-33)15-26(24)32/h4-7,10,13,15-16,22,25H,2-3,8-9,11-12,14,18-20H2,1H3/t25-/m0/s1. The number of carbonyl (C=O) groups excluding carboxylic acids is 1. The number of hydrogen-bond donors (Lipinski definition) is 0. The highest BCUT2D eigenvalue weighted by molar-refractivity contribution is 5.93.